The first-order valence-electron chi connectivity index (χ1n) is 11.0. The van der Waals surface area contributed by atoms with E-state index in [4.69, 9.17) is 0 Å². The molecule has 0 bridgehead atoms. The van der Waals surface area contributed by atoms with Crippen molar-refractivity contribution in [3.05, 3.63) is 71.8 Å². The Morgan fingerprint density at radius 3 is 2.07 bits per heavy atom. The van der Waals surface area contributed by atoms with Crippen LogP contribution in [-0.2, 0) is 17.6 Å². The van der Waals surface area contributed by atoms with Gasteiger partial charge >= 0.3 is 5.97 Å². The first kappa shape index (κ1) is 20.6. The van der Waals surface area contributed by atoms with Crippen molar-refractivity contribution in [1.82, 2.24) is 0 Å². The zero-order valence-electron chi connectivity index (χ0n) is 16.9. The lowest BCUT2D eigenvalue weighted by Crippen LogP contribution is -2.27. The summed E-state index contributed by atoms with van der Waals surface area (Å²) in [7, 11) is 0. The second-order valence-electron chi connectivity index (χ2n) is 8.50. The maximum Gasteiger partial charge on any atom is 0.307 e. The van der Waals surface area contributed by atoms with E-state index in [1.807, 2.05) is 24.3 Å². The highest BCUT2D eigenvalue weighted by molar-refractivity contribution is 5.70. The van der Waals surface area contributed by atoms with Crippen LogP contribution in [0.4, 0.5) is 0 Å². The third-order valence-electron chi connectivity index (χ3n) is 6.50. The molecule has 0 saturated heterocycles. The zero-order valence-corrected chi connectivity index (χ0v) is 16.9. The van der Waals surface area contributed by atoms with Gasteiger partial charge in [0, 0.05) is 0 Å². The van der Waals surface area contributed by atoms with Crippen molar-refractivity contribution in [2.45, 2.75) is 64.2 Å². The van der Waals surface area contributed by atoms with Crippen LogP contribution in [0.1, 0.15) is 62.5 Å². The van der Waals surface area contributed by atoms with Crippen LogP contribution in [0.15, 0.2) is 60.7 Å². The second kappa shape index (κ2) is 11.0. The fraction of sp³-hybridized carbons (Fsp3) is 0.500. The Morgan fingerprint density at radius 1 is 0.857 bits per heavy atom. The van der Waals surface area contributed by atoms with Crippen molar-refractivity contribution in [2.24, 2.45) is 17.8 Å². The molecule has 0 aliphatic heterocycles. The van der Waals surface area contributed by atoms with Crippen molar-refractivity contribution >= 4 is 5.97 Å². The molecule has 0 radical (unpaired) electrons. The summed E-state index contributed by atoms with van der Waals surface area (Å²) in [5, 5.41) is 10.0. The summed E-state index contributed by atoms with van der Waals surface area (Å²) in [4.78, 5) is 12.2. The van der Waals surface area contributed by atoms with Crippen LogP contribution >= 0.6 is 0 Å². The predicted molar refractivity (Wildman–Crippen MR) is 115 cm³/mol. The van der Waals surface area contributed by atoms with Gasteiger partial charge in [0.25, 0.3) is 0 Å². The fourth-order valence-electron chi connectivity index (χ4n) is 4.79. The summed E-state index contributed by atoms with van der Waals surface area (Å²) < 4.78 is 0. The van der Waals surface area contributed by atoms with Gasteiger partial charge in [-0.1, -0.05) is 99.2 Å². The van der Waals surface area contributed by atoms with Crippen LogP contribution in [0, 0.1) is 17.8 Å². The molecular formula is C26H34O2. The van der Waals surface area contributed by atoms with Crippen LogP contribution in [0.3, 0.4) is 0 Å². The number of benzene rings is 2. The van der Waals surface area contributed by atoms with Gasteiger partial charge in [-0.05, 0) is 48.6 Å². The highest BCUT2D eigenvalue weighted by atomic mass is 16.4. The van der Waals surface area contributed by atoms with E-state index in [2.05, 4.69) is 36.4 Å². The molecule has 2 heteroatoms. The monoisotopic (exact) mass is 378 g/mol. The summed E-state index contributed by atoms with van der Waals surface area (Å²) in [5.74, 6) is 0.110. The summed E-state index contributed by atoms with van der Waals surface area (Å²) in [6.45, 7) is 0. The average Bonchev–Trinajstić information content (AvgIpc) is 2.74. The molecule has 1 aliphatic carbocycles. The first-order chi connectivity index (χ1) is 13.7. The molecule has 2 aromatic carbocycles. The highest BCUT2D eigenvalue weighted by Gasteiger charge is 2.29. The molecule has 1 aliphatic rings. The molecule has 3 rings (SSSR count). The van der Waals surface area contributed by atoms with Gasteiger partial charge in [0.1, 0.15) is 0 Å². The zero-order chi connectivity index (χ0) is 19.6. The molecule has 2 unspecified atom stereocenters. The van der Waals surface area contributed by atoms with Gasteiger partial charge in [-0.3, -0.25) is 4.79 Å². The minimum atomic E-state index is -0.634. The topological polar surface area (TPSA) is 37.3 Å². The maximum absolute atomic E-state index is 12.2. The van der Waals surface area contributed by atoms with E-state index in [9.17, 15) is 9.90 Å². The molecule has 0 aromatic heterocycles. The van der Waals surface area contributed by atoms with Crippen LogP contribution < -0.4 is 0 Å². The van der Waals surface area contributed by atoms with Gasteiger partial charge in [-0.25, -0.2) is 0 Å². The lowest BCUT2D eigenvalue weighted by molar-refractivity contribution is -0.144. The number of hydrogen-bond donors (Lipinski definition) is 1. The van der Waals surface area contributed by atoms with Crippen LogP contribution in [0.2, 0.25) is 0 Å². The van der Waals surface area contributed by atoms with Gasteiger partial charge < -0.3 is 5.11 Å². The number of rotatable bonds is 10. The number of aliphatic carboxylic acids is 1. The number of carboxylic acid groups (broad SMARTS) is 1. The standard InChI is InChI=1S/C26H34O2/c27-26(28)25(20-23-14-8-3-9-15-23)24(18-16-21-10-4-1-5-11-21)19-17-22-12-6-2-7-13-22/h1,3-5,8-11,14-15,22,24-25H,2,6-7,12-13,16-20H2,(H,27,28). The highest BCUT2D eigenvalue weighted by Crippen LogP contribution is 2.33. The van der Waals surface area contributed by atoms with Crippen molar-refractivity contribution in [2.75, 3.05) is 0 Å². The smallest absolute Gasteiger partial charge is 0.307 e. The average molecular weight is 379 g/mol. The Balaban J connectivity index is 1.68. The van der Waals surface area contributed by atoms with Gasteiger partial charge in [0.15, 0.2) is 0 Å². The SMILES string of the molecule is O=C(O)C(Cc1ccccc1)C(CCc1ccccc1)CCC1CCCCC1. The molecule has 0 heterocycles. The molecule has 0 spiro atoms. The van der Waals surface area contributed by atoms with Gasteiger partial charge in [0.05, 0.1) is 5.92 Å². The molecule has 2 nitrogen and oxygen atoms in total. The summed E-state index contributed by atoms with van der Waals surface area (Å²) in [6.07, 6.45) is 11.6. The van der Waals surface area contributed by atoms with Gasteiger partial charge in [0.2, 0.25) is 0 Å². The van der Waals surface area contributed by atoms with Crippen LogP contribution in [-0.4, -0.2) is 11.1 Å². The van der Waals surface area contributed by atoms with E-state index < -0.39 is 5.97 Å². The Bertz CT molecular complexity index is 689. The predicted octanol–water partition coefficient (Wildman–Crippen LogP) is 6.54. The summed E-state index contributed by atoms with van der Waals surface area (Å²) >= 11 is 0. The number of aryl methyl sites for hydroxylation is 1. The molecule has 2 atom stereocenters. The quantitative estimate of drug-likeness (QED) is 0.509. The normalized spacial score (nSPS) is 17.1. The number of carboxylic acids is 1. The molecule has 150 valence electrons. The third kappa shape index (κ3) is 6.51. The van der Waals surface area contributed by atoms with E-state index in [0.717, 1.165) is 30.7 Å². The summed E-state index contributed by atoms with van der Waals surface area (Å²) in [6, 6.07) is 20.6. The molecule has 1 N–H and O–H groups in total. The number of carbonyl (C=O) groups is 1. The van der Waals surface area contributed by atoms with E-state index >= 15 is 0 Å². The van der Waals surface area contributed by atoms with E-state index in [-0.39, 0.29) is 11.8 Å². The van der Waals surface area contributed by atoms with Crippen molar-refractivity contribution in [3.63, 3.8) is 0 Å². The molecule has 0 amide bonds. The molecule has 28 heavy (non-hydrogen) atoms. The Labute approximate surface area is 170 Å². The Hall–Kier alpha value is -2.09. The molecule has 1 saturated carbocycles. The van der Waals surface area contributed by atoms with Gasteiger partial charge in [-0.2, -0.15) is 0 Å². The van der Waals surface area contributed by atoms with Crippen LogP contribution in [0.5, 0.6) is 0 Å². The minimum absolute atomic E-state index is 0.236. The Kier molecular flexibility index (Phi) is 8.14. The first-order valence-corrected chi connectivity index (χ1v) is 11.0. The lowest BCUT2D eigenvalue weighted by Gasteiger charge is -2.28. The van der Waals surface area contributed by atoms with E-state index in [1.165, 1.54) is 44.1 Å². The fourth-order valence-corrected chi connectivity index (χ4v) is 4.79. The van der Waals surface area contributed by atoms with E-state index in [1.54, 1.807) is 0 Å². The number of hydrogen-bond acceptors (Lipinski definition) is 1. The van der Waals surface area contributed by atoms with Gasteiger partial charge in [-0.15, -0.1) is 0 Å². The second-order valence-corrected chi connectivity index (χ2v) is 8.50. The van der Waals surface area contributed by atoms with E-state index in [0.29, 0.717) is 6.42 Å². The maximum atomic E-state index is 12.2. The third-order valence-corrected chi connectivity index (χ3v) is 6.50. The van der Waals surface area contributed by atoms with Crippen molar-refractivity contribution in [1.29, 1.82) is 0 Å². The lowest BCUT2D eigenvalue weighted by atomic mass is 9.77. The van der Waals surface area contributed by atoms with Crippen molar-refractivity contribution in [3.8, 4) is 0 Å². The molecule has 1 fully saturated rings. The largest absolute Gasteiger partial charge is 0.481 e. The Morgan fingerprint density at radius 2 is 1.46 bits per heavy atom. The molecule has 2 aromatic rings. The minimum Gasteiger partial charge on any atom is -0.481 e. The summed E-state index contributed by atoms with van der Waals surface area (Å²) in [5.41, 5.74) is 2.45. The van der Waals surface area contributed by atoms with Crippen LogP contribution in [0.25, 0.3) is 0 Å². The van der Waals surface area contributed by atoms with Crippen molar-refractivity contribution < 1.29 is 9.90 Å². The molecular weight excluding hydrogens is 344 g/mol.